The Kier molecular flexibility index (Phi) is 6.70. The highest BCUT2D eigenvalue weighted by molar-refractivity contribution is 6.27. The number of carbonyl (C=O) groups is 3. The minimum atomic E-state index is -0.972. The number of allylic oxidation sites excluding steroid dienone is 1. The van der Waals surface area contributed by atoms with Crippen LogP contribution >= 0.6 is 0 Å². The number of aliphatic imine (C=N–C) groups is 1. The second-order valence-corrected chi connectivity index (χ2v) is 6.45. The number of imide groups is 2. The van der Waals surface area contributed by atoms with E-state index in [-0.39, 0.29) is 0 Å². The molecule has 0 saturated carbocycles. The van der Waals surface area contributed by atoms with E-state index in [2.05, 4.69) is 16.4 Å². The van der Waals surface area contributed by atoms with Gasteiger partial charge in [0.25, 0.3) is 0 Å². The van der Waals surface area contributed by atoms with Crippen LogP contribution in [0.2, 0.25) is 0 Å². The number of barbiturate groups is 1. The smallest absolute Gasteiger partial charge is 0.293 e. The van der Waals surface area contributed by atoms with Crippen LogP contribution in [0.3, 0.4) is 0 Å². The fraction of sp³-hybridized carbons (Fsp3) is 0.667. The minimum absolute atomic E-state index is 0.338. The molecule has 2 aliphatic rings. The lowest BCUT2D eigenvalue weighted by Gasteiger charge is -2.30. The maximum Gasteiger partial charge on any atom is 0.330 e. The summed E-state index contributed by atoms with van der Waals surface area (Å²) in [4.78, 5) is 42.0. The van der Waals surface area contributed by atoms with Gasteiger partial charge in [-0.15, -0.1) is 0 Å². The van der Waals surface area contributed by atoms with Crippen molar-refractivity contribution >= 4 is 23.6 Å². The molecule has 0 radical (unpaired) electrons. The molecule has 1 atom stereocenters. The second kappa shape index (κ2) is 8.76. The van der Waals surface area contributed by atoms with Gasteiger partial charge in [0.15, 0.2) is 5.92 Å². The van der Waals surface area contributed by atoms with E-state index < -0.39 is 23.8 Å². The first-order valence-corrected chi connectivity index (χ1v) is 8.89. The van der Waals surface area contributed by atoms with Crippen LogP contribution in [0.15, 0.2) is 16.6 Å². The number of rotatable bonds is 7. The predicted octanol–water partition coefficient (Wildman–Crippen LogP) is 2.83. The summed E-state index contributed by atoms with van der Waals surface area (Å²) in [5.74, 6) is -1.98. The standard InChI is InChI=1S/C18H27N3O3/c1-3-4-12-21-17(23)15(16(22)20-18(21)24)13(2)19-11-10-14-8-6-5-7-9-14/h8,15H,3-7,9-12H2,1-2H3,(H,20,22,24)/t15-/m1/s1. The molecule has 1 saturated heterocycles. The molecule has 4 amide bonds. The van der Waals surface area contributed by atoms with E-state index in [4.69, 9.17) is 0 Å². The van der Waals surface area contributed by atoms with Crippen LogP contribution in [0.4, 0.5) is 4.79 Å². The Morgan fingerprint density at radius 3 is 2.79 bits per heavy atom. The molecule has 132 valence electrons. The highest BCUT2D eigenvalue weighted by Crippen LogP contribution is 2.20. The third-order valence-electron chi connectivity index (χ3n) is 4.58. The molecule has 1 aliphatic carbocycles. The van der Waals surface area contributed by atoms with E-state index in [1.807, 2.05) is 6.92 Å². The molecular weight excluding hydrogens is 306 g/mol. The van der Waals surface area contributed by atoms with Crippen LogP contribution in [-0.4, -0.2) is 41.5 Å². The van der Waals surface area contributed by atoms with Crippen molar-refractivity contribution < 1.29 is 14.4 Å². The molecule has 1 heterocycles. The Morgan fingerprint density at radius 2 is 2.12 bits per heavy atom. The van der Waals surface area contributed by atoms with Crippen molar-refractivity contribution in [1.29, 1.82) is 0 Å². The maximum absolute atomic E-state index is 12.5. The van der Waals surface area contributed by atoms with E-state index in [0.717, 1.165) is 37.0 Å². The topological polar surface area (TPSA) is 78.8 Å². The molecular formula is C18H27N3O3. The number of amides is 4. The lowest BCUT2D eigenvalue weighted by Crippen LogP contribution is -2.59. The van der Waals surface area contributed by atoms with E-state index in [1.165, 1.54) is 18.4 Å². The van der Waals surface area contributed by atoms with Gasteiger partial charge in [0.1, 0.15) is 0 Å². The van der Waals surface area contributed by atoms with Crippen LogP contribution in [0.25, 0.3) is 0 Å². The number of hydrogen-bond acceptors (Lipinski definition) is 4. The fourth-order valence-corrected chi connectivity index (χ4v) is 3.11. The maximum atomic E-state index is 12.5. The number of urea groups is 1. The second-order valence-electron chi connectivity index (χ2n) is 6.45. The number of unbranched alkanes of at least 4 members (excludes halogenated alkanes) is 1. The zero-order valence-corrected chi connectivity index (χ0v) is 14.6. The number of hydrogen-bond donors (Lipinski definition) is 1. The van der Waals surface area contributed by atoms with Crippen molar-refractivity contribution in [2.24, 2.45) is 10.9 Å². The Hall–Kier alpha value is -1.98. The molecule has 0 unspecified atom stereocenters. The van der Waals surface area contributed by atoms with Gasteiger partial charge in [0, 0.05) is 18.8 Å². The van der Waals surface area contributed by atoms with Gasteiger partial charge in [-0.2, -0.15) is 0 Å². The summed E-state index contributed by atoms with van der Waals surface area (Å²) in [5, 5.41) is 2.27. The quantitative estimate of drug-likeness (QED) is 0.442. The molecule has 1 fully saturated rings. The van der Waals surface area contributed by atoms with Gasteiger partial charge >= 0.3 is 6.03 Å². The summed E-state index contributed by atoms with van der Waals surface area (Å²) in [7, 11) is 0. The number of nitrogens with one attached hydrogen (secondary N) is 1. The van der Waals surface area contributed by atoms with Crippen molar-refractivity contribution in [1.82, 2.24) is 10.2 Å². The summed E-state index contributed by atoms with van der Waals surface area (Å²) < 4.78 is 0. The van der Waals surface area contributed by atoms with E-state index in [9.17, 15) is 14.4 Å². The van der Waals surface area contributed by atoms with Gasteiger partial charge in [-0.1, -0.05) is 25.0 Å². The molecule has 1 N–H and O–H groups in total. The van der Waals surface area contributed by atoms with E-state index in [1.54, 1.807) is 6.92 Å². The highest BCUT2D eigenvalue weighted by Gasteiger charge is 2.41. The summed E-state index contributed by atoms with van der Waals surface area (Å²) in [6, 6.07) is -0.616. The van der Waals surface area contributed by atoms with Gasteiger partial charge < -0.3 is 0 Å². The van der Waals surface area contributed by atoms with E-state index in [0.29, 0.717) is 18.8 Å². The third kappa shape index (κ3) is 4.52. The largest absolute Gasteiger partial charge is 0.330 e. The average Bonchev–Trinajstić information content (AvgIpc) is 2.55. The molecule has 0 aromatic heterocycles. The van der Waals surface area contributed by atoms with Crippen LogP contribution in [0, 0.1) is 5.92 Å². The Morgan fingerprint density at radius 1 is 1.33 bits per heavy atom. The van der Waals surface area contributed by atoms with Gasteiger partial charge in [-0.25, -0.2) is 4.79 Å². The van der Waals surface area contributed by atoms with Gasteiger partial charge in [0.05, 0.1) is 0 Å². The molecule has 2 rings (SSSR count). The first kappa shape index (κ1) is 18.4. The molecule has 6 heteroatoms. The van der Waals surface area contributed by atoms with Gasteiger partial charge in [0.2, 0.25) is 11.8 Å². The molecule has 0 spiro atoms. The first-order chi connectivity index (χ1) is 11.5. The lowest BCUT2D eigenvalue weighted by atomic mass is 9.97. The molecule has 0 aromatic carbocycles. The van der Waals surface area contributed by atoms with Crippen LogP contribution in [0.5, 0.6) is 0 Å². The van der Waals surface area contributed by atoms with E-state index >= 15 is 0 Å². The van der Waals surface area contributed by atoms with Crippen LogP contribution < -0.4 is 5.32 Å². The van der Waals surface area contributed by atoms with Gasteiger partial charge in [-0.05, 0) is 45.4 Å². The third-order valence-corrected chi connectivity index (χ3v) is 4.58. The predicted molar refractivity (Wildman–Crippen MR) is 92.8 cm³/mol. The summed E-state index contributed by atoms with van der Waals surface area (Å²) in [6.07, 6.45) is 9.49. The van der Waals surface area contributed by atoms with Crippen LogP contribution in [0.1, 0.15) is 58.8 Å². The first-order valence-electron chi connectivity index (χ1n) is 8.89. The normalized spacial score (nSPS) is 22.5. The van der Waals surface area contributed by atoms with Crippen molar-refractivity contribution in [3.05, 3.63) is 11.6 Å². The monoisotopic (exact) mass is 333 g/mol. The SMILES string of the molecule is CCCCN1C(=O)NC(=O)[C@@H](C(C)=NCCC2=CCCCC2)C1=O. The van der Waals surface area contributed by atoms with Crippen molar-refractivity contribution in [2.45, 2.75) is 58.8 Å². The summed E-state index contributed by atoms with van der Waals surface area (Å²) >= 11 is 0. The zero-order valence-electron chi connectivity index (χ0n) is 14.6. The Balaban J connectivity index is 1.99. The van der Waals surface area contributed by atoms with Crippen molar-refractivity contribution in [3.8, 4) is 0 Å². The highest BCUT2D eigenvalue weighted by atomic mass is 16.2. The average molecular weight is 333 g/mol. The summed E-state index contributed by atoms with van der Waals surface area (Å²) in [5.41, 5.74) is 1.90. The van der Waals surface area contributed by atoms with Crippen molar-refractivity contribution in [3.63, 3.8) is 0 Å². The molecule has 0 bridgehead atoms. The molecule has 0 aromatic rings. The number of carbonyl (C=O) groups excluding carboxylic acids is 3. The Labute approximate surface area is 143 Å². The van der Waals surface area contributed by atoms with Crippen molar-refractivity contribution in [2.75, 3.05) is 13.1 Å². The minimum Gasteiger partial charge on any atom is -0.293 e. The molecule has 1 aliphatic heterocycles. The van der Waals surface area contributed by atoms with Gasteiger partial charge in [-0.3, -0.25) is 24.8 Å². The zero-order chi connectivity index (χ0) is 17.5. The Bertz CT molecular complexity index is 566. The molecule has 6 nitrogen and oxygen atoms in total. The molecule has 24 heavy (non-hydrogen) atoms. The van der Waals surface area contributed by atoms with Crippen LogP contribution in [-0.2, 0) is 9.59 Å². The number of nitrogens with zero attached hydrogens (tertiary/aromatic N) is 2. The summed E-state index contributed by atoms with van der Waals surface area (Å²) in [6.45, 7) is 4.61. The lowest BCUT2D eigenvalue weighted by molar-refractivity contribution is -0.139. The fourth-order valence-electron chi connectivity index (χ4n) is 3.11.